The SMILES string of the molecule is Cc1ccc(F)cc1NC(=O)COC(=O)c1ccccc1[N+](=O)[O-]. The van der Waals surface area contributed by atoms with E-state index < -0.39 is 34.9 Å². The third kappa shape index (κ3) is 4.13. The highest BCUT2D eigenvalue weighted by Crippen LogP contribution is 2.19. The highest BCUT2D eigenvalue weighted by molar-refractivity contribution is 5.97. The van der Waals surface area contributed by atoms with Crippen molar-refractivity contribution in [3.05, 3.63) is 69.5 Å². The van der Waals surface area contributed by atoms with Crippen LogP contribution in [-0.2, 0) is 9.53 Å². The van der Waals surface area contributed by atoms with Crippen LogP contribution in [0.1, 0.15) is 15.9 Å². The lowest BCUT2D eigenvalue weighted by atomic mass is 10.2. The summed E-state index contributed by atoms with van der Waals surface area (Å²) in [7, 11) is 0. The summed E-state index contributed by atoms with van der Waals surface area (Å²) in [5.41, 5.74) is 0.220. The Morgan fingerprint density at radius 1 is 1.25 bits per heavy atom. The molecular weight excluding hydrogens is 319 g/mol. The summed E-state index contributed by atoms with van der Waals surface area (Å²) in [5, 5.41) is 13.3. The molecule has 0 heterocycles. The van der Waals surface area contributed by atoms with Gasteiger partial charge in [0.25, 0.3) is 11.6 Å². The Labute approximate surface area is 136 Å². The fraction of sp³-hybridized carbons (Fsp3) is 0.125. The Bertz CT molecular complexity index is 807. The van der Waals surface area contributed by atoms with Crippen LogP contribution in [0.2, 0.25) is 0 Å². The lowest BCUT2D eigenvalue weighted by Gasteiger charge is -2.09. The molecule has 1 amide bonds. The number of amides is 1. The molecule has 124 valence electrons. The van der Waals surface area contributed by atoms with Gasteiger partial charge in [-0.2, -0.15) is 0 Å². The van der Waals surface area contributed by atoms with Crippen molar-refractivity contribution in [1.29, 1.82) is 0 Å². The monoisotopic (exact) mass is 332 g/mol. The number of rotatable bonds is 5. The maximum atomic E-state index is 13.2. The number of esters is 1. The number of anilines is 1. The molecule has 0 aromatic heterocycles. The van der Waals surface area contributed by atoms with E-state index in [0.29, 0.717) is 5.56 Å². The number of carbonyl (C=O) groups excluding carboxylic acids is 2. The molecule has 2 rings (SSSR count). The summed E-state index contributed by atoms with van der Waals surface area (Å²) in [4.78, 5) is 33.8. The number of para-hydroxylation sites is 1. The highest BCUT2D eigenvalue weighted by Gasteiger charge is 2.21. The minimum Gasteiger partial charge on any atom is -0.452 e. The molecule has 0 fully saturated rings. The Kier molecular flexibility index (Phi) is 5.20. The lowest BCUT2D eigenvalue weighted by molar-refractivity contribution is -0.385. The summed E-state index contributed by atoms with van der Waals surface area (Å²) in [6, 6.07) is 9.12. The smallest absolute Gasteiger partial charge is 0.345 e. The molecule has 1 N–H and O–H groups in total. The summed E-state index contributed by atoms with van der Waals surface area (Å²) in [5.74, 6) is -2.20. The van der Waals surface area contributed by atoms with Crippen LogP contribution in [0.15, 0.2) is 42.5 Å². The average molecular weight is 332 g/mol. The van der Waals surface area contributed by atoms with Gasteiger partial charge in [-0.25, -0.2) is 9.18 Å². The second-order valence-corrected chi connectivity index (χ2v) is 4.86. The van der Waals surface area contributed by atoms with Crippen LogP contribution in [-0.4, -0.2) is 23.4 Å². The maximum Gasteiger partial charge on any atom is 0.345 e. The molecule has 0 unspecified atom stereocenters. The van der Waals surface area contributed by atoms with Crippen LogP contribution in [0.25, 0.3) is 0 Å². The van der Waals surface area contributed by atoms with Crippen LogP contribution in [0.3, 0.4) is 0 Å². The summed E-state index contributed by atoms with van der Waals surface area (Å²) < 4.78 is 17.9. The van der Waals surface area contributed by atoms with Crippen molar-refractivity contribution >= 4 is 23.3 Å². The molecule has 0 aliphatic heterocycles. The van der Waals surface area contributed by atoms with E-state index in [1.807, 2.05) is 0 Å². The van der Waals surface area contributed by atoms with E-state index in [2.05, 4.69) is 5.32 Å². The first-order valence-electron chi connectivity index (χ1n) is 6.85. The summed E-state index contributed by atoms with van der Waals surface area (Å²) in [6.45, 7) is 1.02. The topological polar surface area (TPSA) is 98.5 Å². The first-order valence-corrected chi connectivity index (χ1v) is 6.85. The molecule has 24 heavy (non-hydrogen) atoms. The molecule has 0 saturated carbocycles. The van der Waals surface area contributed by atoms with Gasteiger partial charge in [0.1, 0.15) is 11.4 Å². The number of aryl methyl sites for hydroxylation is 1. The van der Waals surface area contributed by atoms with E-state index in [1.165, 1.54) is 30.3 Å². The Balaban J connectivity index is 2.00. The second-order valence-electron chi connectivity index (χ2n) is 4.86. The standard InChI is InChI=1S/C16H13FN2O5/c1-10-6-7-11(17)8-13(10)18-15(20)9-24-16(21)12-4-2-3-5-14(12)19(22)23/h2-8H,9H2,1H3,(H,18,20). The summed E-state index contributed by atoms with van der Waals surface area (Å²) in [6.07, 6.45) is 0. The van der Waals surface area contributed by atoms with Crippen molar-refractivity contribution in [3.63, 3.8) is 0 Å². The van der Waals surface area contributed by atoms with E-state index in [-0.39, 0.29) is 11.3 Å². The fourth-order valence-corrected chi connectivity index (χ4v) is 1.93. The van der Waals surface area contributed by atoms with E-state index in [9.17, 15) is 24.1 Å². The largest absolute Gasteiger partial charge is 0.452 e. The van der Waals surface area contributed by atoms with Gasteiger partial charge in [-0.15, -0.1) is 0 Å². The molecule has 8 heteroatoms. The van der Waals surface area contributed by atoms with Gasteiger partial charge in [0.2, 0.25) is 0 Å². The number of halogens is 1. The molecular formula is C16H13FN2O5. The predicted molar refractivity (Wildman–Crippen MR) is 83.1 cm³/mol. The number of hydrogen-bond donors (Lipinski definition) is 1. The van der Waals surface area contributed by atoms with Gasteiger partial charge in [0.15, 0.2) is 6.61 Å². The highest BCUT2D eigenvalue weighted by atomic mass is 19.1. The average Bonchev–Trinajstić information content (AvgIpc) is 2.56. The number of nitro groups is 1. The molecule has 7 nitrogen and oxygen atoms in total. The Hall–Kier alpha value is -3.29. The van der Waals surface area contributed by atoms with E-state index >= 15 is 0 Å². The zero-order valence-electron chi connectivity index (χ0n) is 12.6. The lowest BCUT2D eigenvalue weighted by Crippen LogP contribution is -2.21. The molecule has 0 aliphatic rings. The predicted octanol–water partition coefficient (Wildman–Crippen LogP) is 2.84. The zero-order valence-corrected chi connectivity index (χ0v) is 12.6. The third-order valence-electron chi connectivity index (χ3n) is 3.13. The number of ether oxygens (including phenoxy) is 1. The first-order chi connectivity index (χ1) is 11.4. The van der Waals surface area contributed by atoms with Gasteiger partial charge in [0, 0.05) is 11.8 Å². The molecule has 0 bridgehead atoms. The molecule has 2 aromatic rings. The molecule has 0 spiro atoms. The maximum absolute atomic E-state index is 13.2. The van der Waals surface area contributed by atoms with E-state index in [1.54, 1.807) is 6.92 Å². The van der Waals surface area contributed by atoms with E-state index in [4.69, 9.17) is 4.74 Å². The molecule has 0 radical (unpaired) electrons. The van der Waals surface area contributed by atoms with E-state index in [0.717, 1.165) is 12.1 Å². The minimum absolute atomic E-state index is 0.252. The number of carbonyl (C=O) groups is 2. The molecule has 0 saturated heterocycles. The fourth-order valence-electron chi connectivity index (χ4n) is 1.93. The van der Waals surface area contributed by atoms with Gasteiger partial charge >= 0.3 is 5.97 Å². The number of hydrogen-bond acceptors (Lipinski definition) is 5. The minimum atomic E-state index is -0.992. The number of nitrogens with one attached hydrogen (secondary N) is 1. The summed E-state index contributed by atoms with van der Waals surface area (Å²) >= 11 is 0. The van der Waals surface area contributed by atoms with Crippen LogP contribution >= 0.6 is 0 Å². The Morgan fingerprint density at radius 2 is 1.96 bits per heavy atom. The van der Waals surface area contributed by atoms with Gasteiger partial charge in [0.05, 0.1) is 4.92 Å². The zero-order chi connectivity index (χ0) is 17.7. The molecule has 0 atom stereocenters. The third-order valence-corrected chi connectivity index (χ3v) is 3.13. The van der Waals surface area contributed by atoms with Crippen LogP contribution in [0.5, 0.6) is 0 Å². The van der Waals surface area contributed by atoms with Crippen LogP contribution in [0, 0.1) is 22.9 Å². The van der Waals surface area contributed by atoms with Crippen LogP contribution in [0.4, 0.5) is 15.8 Å². The van der Waals surface area contributed by atoms with Crippen molar-refractivity contribution < 1.29 is 23.6 Å². The quantitative estimate of drug-likeness (QED) is 0.516. The van der Waals surface area contributed by atoms with Crippen molar-refractivity contribution in [1.82, 2.24) is 0 Å². The van der Waals surface area contributed by atoms with Gasteiger partial charge in [-0.3, -0.25) is 14.9 Å². The number of benzene rings is 2. The van der Waals surface area contributed by atoms with Crippen LogP contribution < -0.4 is 5.32 Å². The molecule has 2 aromatic carbocycles. The Morgan fingerprint density at radius 3 is 2.67 bits per heavy atom. The number of nitrogens with zero attached hydrogens (tertiary/aromatic N) is 1. The van der Waals surface area contributed by atoms with Gasteiger partial charge in [-0.05, 0) is 30.7 Å². The van der Waals surface area contributed by atoms with Crippen molar-refractivity contribution in [2.24, 2.45) is 0 Å². The van der Waals surface area contributed by atoms with Gasteiger partial charge < -0.3 is 10.1 Å². The van der Waals surface area contributed by atoms with Crippen molar-refractivity contribution in [3.8, 4) is 0 Å². The molecule has 0 aliphatic carbocycles. The van der Waals surface area contributed by atoms with Crippen molar-refractivity contribution in [2.45, 2.75) is 6.92 Å². The normalized spacial score (nSPS) is 10.1. The second kappa shape index (κ2) is 7.32. The number of nitro benzene ring substituents is 1. The van der Waals surface area contributed by atoms with Crippen molar-refractivity contribution in [2.75, 3.05) is 11.9 Å². The van der Waals surface area contributed by atoms with Gasteiger partial charge in [-0.1, -0.05) is 18.2 Å². The first kappa shape index (κ1) is 17.1.